The summed E-state index contributed by atoms with van der Waals surface area (Å²) in [6, 6.07) is 0.447. The molecule has 0 amide bonds. The van der Waals surface area contributed by atoms with Gasteiger partial charge in [-0.25, -0.2) is 0 Å². The molecule has 0 aromatic heterocycles. The predicted octanol–water partition coefficient (Wildman–Crippen LogP) is 1.68. The van der Waals surface area contributed by atoms with Gasteiger partial charge in [0.1, 0.15) is 0 Å². The van der Waals surface area contributed by atoms with Crippen LogP contribution in [0, 0.1) is 0 Å². The highest BCUT2D eigenvalue weighted by molar-refractivity contribution is 7.86. The molecule has 66 valence electrons. The van der Waals surface area contributed by atoms with Crippen molar-refractivity contribution < 1.29 is 4.21 Å². The summed E-state index contributed by atoms with van der Waals surface area (Å²) in [6.07, 6.45) is 1.99. The summed E-state index contributed by atoms with van der Waals surface area (Å²) in [5, 5.41) is 4.24. The minimum Gasteiger partial charge on any atom is -0.662 e. The zero-order chi connectivity index (χ0) is 8.48. The van der Waals surface area contributed by atoms with Crippen molar-refractivity contribution in [1.82, 2.24) is 0 Å². The molecule has 1 fully saturated rings. The Balaban J connectivity index is 2.59. The minimum absolute atomic E-state index is 0.0115. The number of hydrogen-bond acceptors (Lipinski definition) is 1. The molecule has 2 nitrogen and oxygen atoms in total. The van der Waals surface area contributed by atoms with Crippen molar-refractivity contribution in [3.05, 3.63) is 5.32 Å². The Hall–Kier alpha value is 0.110. The van der Waals surface area contributed by atoms with Crippen LogP contribution in [-0.2, 0) is 10.8 Å². The van der Waals surface area contributed by atoms with Crippen LogP contribution in [-0.4, -0.2) is 27.8 Å². The van der Waals surface area contributed by atoms with Gasteiger partial charge >= 0.3 is 0 Å². The first-order valence-corrected chi connectivity index (χ1v) is 5.35. The van der Waals surface area contributed by atoms with E-state index >= 15 is 0 Å². The number of rotatable bonds is 1. The highest BCUT2D eigenvalue weighted by Crippen LogP contribution is 2.29. The van der Waals surface area contributed by atoms with E-state index in [4.69, 9.17) is 0 Å². The lowest BCUT2D eigenvalue weighted by Crippen LogP contribution is -2.38. The van der Waals surface area contributed by atoms with Crippen LogP contribution >= 0.6 is 0 Å². The van der Waals surface area contributed by atoms with Crippen LogP contribution in [0.1, 0.15) is 26.7 Å². The maximum Gasteiger partial charge on any atom is 0.0389 e. The van der Waals surface area contributed by atoms with Gasteiger partial charge in [0, 0.05) is 21.3 Å². The zero-order valence-electron chi connectivity index (χ0n) is 7.46. The fraction of sp³-hybridized carbons (Fsp3) is 1.00. The molecular weight excluding hydrogens is 158 g/mol. The van der Waals surface area contributed by atoms with Crippen LogP contribution < -0.4 is 0 Å². The van der Waals surface area contributed by atoms with Crippen molar-refractivity contribution in [2.45, 2.75) is 37.5 Å². The molecule has 1 aliphatic rings. The van der Waals surface area contributed by atoms with Crippen molar-refractivity contribution in [1.29, 1.82) is 0 Å². The molecule has 1 rings (SSSR count). The molecule has 0 aromatic carbocycles. The molecule has 1 saturated heterocycles. The van der Waals surface area contributed by atoms with Gasteiger partial charge < -0.3 is 5.32 Å². The summed E-state index contributed by atoms with van der Waals surface area (Å²) in [5.41, 5.74) is 0. The Labute approximate surface area is 71.2 Å². The first-order valence-electron chi connectivity index (χ1n) is 4.03. The molecule has 0 bridgehead atoms. The summed E-state index contributed by atoms with van der Waals surface area (Å²) in [4.78, 5) is 0. The second kappa shape index (κ2) is 3.23. The number of nitrogens with zero attached hydrogens (tertiary/aromatic N) is 1. The largest absolute Gasteiger partial charge is 0.662 e. The molecule has 0 spiro atoms. The van der Waals surface area contributed by atoms with Crippen molar-refractivity contribution in [2.75, 3.05) is 12.8 Å². The third-order valence-electron chi connectivity index (χ3n) is 2.35. The van der Waals surface area contributed by atoms with E-state index in [-0.39, 0.29) is 4.75 Å². The second-order valence-electron chi connectivity index (χ2n) is 3.71. The summed E-state index contributed by atoms with van der Waals surface area (Å²) < 4.78 is 11.4. The third-order valence-corrected chi connectivity index (χ3v) is 4.35. The summed E-state index contributed by atoms with van der Waals surface area (Å²) >= 11 is 0. The van der Waals surface area contributed by atoms with Crippen LogP contribution in [0.5, 0.6) is 0 Å². The molecule has 0 aliphatic carbocycles. The quantitative estimate of drug-likeness (QED) is 0.595. The average molecular weight is 174 g/mol. The van der Waals surface area contributed by atoms with Gasteiger partial charge in [-0.15, -0.1) is 6.04 Å². The Morgan fingerprint density at radius 2 is 2.18 bits per heavy atom. The number of hydrogen-bond donors (Lipinski definition) is 0. The van der Waals surface area contributed by atoms with Crippen molar-refractivity contribution >= 4 is 10.8 Å². The molecule has 1 heterocycles. The van der Waals surface area contributed by atoms with Gasteiger partial charge in [-0.3, -0.25) is 4.21 Å². The van der Waals surface area contributed by atoms with E-state index in [1.165, 1.54) is 0 Å². The monoisotopic (exact) mass is 174 g/mol. The highest BCUT2D eigenvalue weighted by Gasteiger charge is 2.30. The van der Waals surface area contributed by atoms with E-state index < -0.39 is 10.8 Å². The van der Waals surface area contributed by atoms with Crippen molar-refractivity contribution in [3.63, 3.8) is 0 Å². The first-order chi connectivity index (χ1) is 5.06. The van der Waals surface area contributed by atoms with E-state index in [1.54, 1.807) is 0 Å². The van der Waals surface area contributed by atoms with Crippen LogP contribution in [0.15, 0.2) is 0 Å². The van der Waals surface area contributed by atoms with Gasteiger partial charge in [0.15, 0.2) is 0 Å². The van der Waals surface area contributed by atoms with E-state index in [0.717, 1.165) is 18.6 Å². The van der Waals surface area contributed by atoms with E-state index in [2.05, 4.69) is 19.2 Å². The Bertz CT molecular complexity index is 167. The molecule has 2 atom stereocenters. The summed E-state index contributed by atoms with van der Waals surface area (Å²) in [6.45, 7) is 4.14. The second-order valence-corrected chi connectivity index (χ2v) is 5.92. The molecule has 0 N–H and O–H groups in total. The first kappa shape index (κ1) is 9.20. The summed E-state index contributed by atoms with van der Waals surface area (Å²) in [7, 11) is 1.22. The van der Waals surface area contributed by atoms with Gasteiger partial charge in [-0.2, -0.15) is 7.05 Å². The molecule has 0 aromatic rings. The van der Waals surface area contributed by atoms with Crippen LogP contribution in [0.4, 0.5) is 0 Å². The van der Waals surface area contributed by atoms with Crippen LogP contribution in [0.3, 0.4) is 0 Å². The van der Waals surface area contributed by atoms with Gasteiger partial charge in [0.05, 0.1) is 0 Å². The van der Waals surface area contributed by atoms with E-state index in [9.17, 15) is 4.21 Å². The maximum absolute atomic E-state index is 11.4. The molecule has 3 heteroatoms. The van der Waals surface area contributed by atoms with E-state index in [1.807, 2.05) is 7.05 Å². The average Bonchev–Trinajstić information content (AvgIpc) is 1.95. The standard InChI is InChI=1S/C8H16NOS/c1-8(2)6-7(9-3)4-5-11(8)10/h7H,4-6H2,1-3H3/q-1. The molecule has 0 saturated carbocycles. The smallest absolute Gasteiger partial charge is 0.0389 e. The highest BCUT2D eigenvalue weighted by atomic mass is 32.2. The van der Waals surface area contributed by atoms with Gasteiger partial charge in [0.2, 0.25) is 0 Å². The minimum atomic E-state index is -0.633. The lowest BCUT2D eigenvalue weighted by molar-refractivity contribution is 0.508. The van der Waals surface area contributed by atoms with Gasteiger partial charge in [0.25, 0.3) is 0 Å². The SMILES string of the molecule is C[N-]C1CCS(=O)C(C)(C)C1. The van der Waals surface area contributed by atoms with Crippen molar-refractivity contribution in [3.8, 4) is 0 Å². The predicted molar refractivity (Wildman–Crippen MR) is 49.4 cm³/mol. The van der Waals surface area contributed by atoms with Gasteiger partial charge in [-0.05, 0) is 13.8 Å². The maximum atomic E-state index is 11.4. The van der Waals surface area contributed by atoms with E-state index in [0.29, 0.717) is 6.04 Å². The Morgan fingerprint density at radius 3 is 2.64 bits per heavy atom. The molecule has 2 unspecified atom stereocenters. The lowest BCUT2D eigenvalue weighted by Gasteiger charge is -2.40. The van der Waals surface area contributed by atoms with Gasteiger partial charge in [-0.1, -0.05) is 12.8 Å². The molecule has 0 radical (unpaired) electrons. The molecule has 11 heavy (non-hydrogen) atoms. The Kier molecular flexibility index (Phi) is 2.70. The normalized spacial score (nSPS) is 37.0. The zero-order valence-corrected chi connectivity index (χ0v) is 8.28. The Morgan fingerprint density at radius 1 is 1.55 bits per heavy atom. The fourth-order valence-corrected chi connectivity index (χ4v) is 2.92. The summed E-state index contributed by atoms with van der Waals surface area (Å²) in [5.74, 6) is 0.828. The van der Waals surface area contributed by atoms with Crippen LogP contribution in [0.25, 0.3) is 5.32 Å². The lowest BCUT2D eigenvalue weighted by atomic mass is 10.0. The fourth-order valence-electron chi connectivity index (χ4n) is 1.50. The van der Waals surface area contributed by atoms with Crippen molar-refractivity contribution in [2.24, 2.45) is 0 Å². The molecule has 1 aliphatic heterocycles. The molecular formula is C8H16NOS-. The third kappa shape index (κ3) is 2.03. The van der Waals surface area contributed by atoms with Crippen LogP contribution in [0.2, 0.25) is 0 Å². The topological polar surface area (TPSA) is 31.2 Å².